The van der Waals surface area contributed by atoms with Crippen molar-refractivity contribution in [1.82, 2.24) is 15.4 Å². The Balaban J connectivity index is 0.000000223. The molecule has 1 aliphatic heterocycles. The minimum Gasteiger partial charge on any atom is -0.760 e. The average Bonchev–Trinajstić information content (AvgIpc) is 2.06. The van der Waals surface area contributed by atoms with Crippen molar-refractivity contribution in [3.05, 3.63) is 0 Å². The predicted octanol–water partition coefficient (Wildman–Crippen LogP) is -1.04. The second-order valence-corrected chi connectivity index (χ2v) is 3.71. The first-order valence-corrected chi connectivity index (χ1v) is 5.47. The highest BCUT2D eigenvalue weighted by Crippen LogP contribution is 1.74. The lowest BCUT2D eigenvalue weighted by atomic mass is 10.4. The zero-order valence-electron chi connectivity index (χ0n) is 8.13. The Morgan fingerprint density at radius 3 is 1.69 bits per heavy atom. The van der Waals surface area contributed by atoms with Crippen LogP contribution in [-0.4, -0.2) is 41.0 Å². The van der Waals surface area contributed by atoms with Gasteiger partial charge in [0.1, 0.15) is 0 Å². The molecule has 0 aromatic heterocycles. The molecule has 1 fully saturated rings. The van der Waals surface area contributed by atoms with Crippen LogP contribution in [0.4, 0.5) is 0 Å². The Bertz CT molecular complexity index is 128. The van der Waals surface area contributed by atoms with Gasteiger partial charge in [-0.3, -0.25) is 4.21 Å². The van der Waals surface area contributed by atoms with Crippen LogP contribution in [-0.2, 0) is 11.3 Å². The van der Waals surface area contributed by atoms with Gasteiger partial charge in [-0.1, -0.05) is 0 Å². The third-order valence-electron chi connectivity index (χ3n) is 1.29. The van der Waals surface area contributed by atoms with Gasteiger partial charge in [-0.05, 0) is 13.8 Å². The van der Waals surface area contributed by atoms with E-state index < -0.39 is 11.3 Å². The standard InChI is InChI=1S/C4H10N2.C3H9NO2S/c1-2-6-4-3-5-1;1-3(2)4-7(5)6/h5-6H,1-4H2;3-4H,1-2H3,(H,5,6)/p-1. The van der Waals surface area contributed by atoms with Crippen LogP contribution in [0.1, 0.15) is 13.8 Å². The van der Waals surface area contributed by atoms with Gasteiger partial charge < -0.3 is 15.2 Å². The van der Waals surface area contributed by atoms with Gasteiger partial charge in [0, 0.05) is 43.5 Å². The van der Waals surface area contributed by atoms with Gasteiger partial charge in [0.15, 0.2) is 0 Å². The molecule has 0 spiro atoms. The molecule has 3 N–H and O–H groups in total. The van der Waals surface area contributed by atoms with Gasteiger partial charge in [-0.15, -0.1) is 0 Å². The molecule has 13 heavy (non-hydrogen) atoms. The van der Waals surface area contributed by atoms with Gasteiger partial charge in [0.25, 0.3) is 0 Å². The summed E-state index contributed by atoms with van der Waals surface area (Å²) in [5.74, 6) is 0. The van der Waals surface area contributed by atoms with E-state index in [1.165, 1.54) is 0 Å². The Morgan fingerprint density at radius 2 is 1.62 bits per heavy atom. The summed E-state index contributed by atoms with van der Waals surface area (Å²) >= 11 is -2.10. The SMILES string of the molecule is C1CNCCN1.CC(C)NS(=O)[O-]. The number of hydrogen-bond acceptors (Lipinski definition) is 4. The molecule has 0 saturated carbocycles. The number of nitrogens with one attached hydrogen (secondary N) is 3. The topological polar surface area (TPSA) is 76.2 Å². The van der Waals surface area contributed by atoms with Crippen molar-refractivity contribution in [3.8, 4) is 0 Å². The molecule has 1 atom stereocenters. The Hall–Kier alpha value is -0.0100. The molecule has 1 rings (SSSR count). The summed E-state index contributed by atoms with van der Waals surface area (Å²) in [5, 5.41) is 6.44. The number of hydrogen-bond donors (Lipinski definition) is 3. The molecule has 1 heterocycles. The molecule has 0 aromatic carbocycles. The van der Waals surface area contributed by atoms with E-state index in [0.29, 0.717) is 0 Å². The lowest BCUT2D eigenvalue weighted by molar-refractivity contribution is 0.514. The van der Waals surface area contributed by atoms with E-state index in [4.69, 9.17) is 0 Å². The highest BCUT2D eigenvalue weighted by molar-refractivity contribution is 7.77. The molecule has 1 unspecified atom stereocenters. The largest absolute Gasteiger partial charge is 0.760 e. The molecule has 0 aromatic rings. The summed E-state index contributed by atoms with van der Waals surface area (Å²) in [6.45, 7) is 8.07. The second-order valence-electron chi connectivity index (χ2n) is 3.01. The first-order chi connectivity index (χ1) is 6.13. The minimum absolute atomic E-state index is 0.0123. The second kappa shape index (κ2) is 8.58. The van der Waals surface area contributed by atoms with Crippen LogP contribution in [0.5, 0.6) is 0 Å². The first-order valence-electron chi connectivity index (χ1n) is 4.40. The van der Waals surface area contributed by atoms with Gasteiger partial charge in [-0.25, -0.2) is 4.72 Å². The molecule has 0 amide bonds. The van der Waals surface area contributed by atoms with Crippen LogP contribution in [0, 0.1) is 0 Å². The summed E-state index contributed by atoms with van der Waals surface area (Å²) in [5.41, 5.74) is 0. The third kappa shape index (κ3) is 12.0. The highest BCUT2D eigenvalue weighted by Gasteiger charge is 1.91. The van der Waals surface area contributed by atoms with Crippen molar-refractivity contribution in [2.24, 2.45) is 0 Å². The maximum atomic E-state index is 9.70. The lowest BCUT2D eigenvalue weighted by Gasteiger charge is -2.11. The highest BCUT2D eigenvalue weighted by atomic mass is 32.2. The molecule has 1 aliphatic rings. The molecule has 1 saturated heterocycles. The van der Waals surface area contributed by atoms with Gasteiger partial charge in [-0.2, -0.15) is 0 Å². The monoisotopic (exact) mass is 208 g/mol. The third-order valence-corrected chi connectivity index (χ3v) is 1.95. The van der Waals surface area contributed by atoms with E-state index in [-0.39, 0.29) is 6.04 Å². The summed E-state index contributed by atoms with van der Waals surface area (Å²) in [6.07, 6.45) is 0. The molecule has 6 heteroatoms. The summed E-state index contributed by atoms with van der Waals surface area (Å²) in [7, 11) is 0. The van der Waals surface area contributed by atoms with Crippen LogP contribution in [0.25, 0.3) is 0 Å². The van der Waals surface area contributed by atoms with Crippen LogP contribution in [0.15, 0.2) is 0 Å². The summed E-state index contributed by atoms with van der Waals surface area (Å²) in [4.78, 5) is 0. The van der Waals surface area contributed by atoms with Gasteiger partial charge in [0.2, 0.25) is 0 Å². The zero-order valence-corrected chi connectivity index (χ0v) is 8.95. The van der Waals surface area contributed by atoms with Crippen molar-refractivity contribution in [1.29, 1.82) is 0 Å². The van der Waals surface area contributed by atoms with Gasteiger partial charge >= 0.3 is 0 Å². The van der Waals surface area contributed by atoms with E-state index in [0.717, 1.165) is 26.2 Å². The fourth-order valence-corrected chi connectivity index (χ4v) is 1.18. The summed E-state index contributed by atoms with van der Waals surface area (Å²) in [6, 6.07) is 0.0123. The smallest absolute Gasteiger partial charge is 0.0183 e. The predicted molar refractivity (Wildman–Crippen MR) is 52.9 cm³/mol. The van der Waals surface area contributed by atoms with Crippen molar-refractivity contribution in [2.45, 2.75) is 19.9 Å². The van der Waals surface area contributed by atoms with Crippen LogP contribution >= 0.6 is 0 Å². The molecule has 0 bridgehead atoms. The summed E-state index contributed by atoms with van der Waals surface area (Å²) < 4.78 is 21.6. The Morgan fingerprint density at radius 1 is 1.23 bits per heavy atom. The maximum Gasteiger partial charge on any atom is 0.0183 e. The molecule has 0 aliphatic carbocycles. The van der Waals surface area contributed by atoms with Crippen LogP contribution in [0.3, 0.4) is 0 Å². The van der Waals surface area contributed by atoms with Crippen molar-refractivity contribution >= 4 is 11.3 Å². The normalized spacial score (nSPS) is 19.1. The first kappa shape index (κ1) is 13.0. The lowest BCUT2D eigenvalue weighted by Crippen LogP contribution is -2.39. The molecular weight excluding hydrogens is 190 g/mol. The Labute approximate surface area is 82.1 Å². The quantitative estimate of drug-likeness (QED) is 0.507. The number of piperazine rings is 1. The molecule has 80 valence electrons. The van der Waals surface area contributed by atoms with E-state index in [1.807, 2.05) is 0 Å². The van der Waals surface area contributed by atoms with Crippen LogP contribution in [0.2, 0.25) is 0 Å². The maximum absolute atomic E-state index is 9.70. The Kier molecular flexibility index (Phi) is 8.58. The molecule has 5 nitrogen and oxygen atoms in total. The fourth-order valence-electron chi connectivity index (χ4n) is 0.796. The van der Waals surface area contributed by atoms with E-state index >= 15 is 0 Å². The zero-order chi connectivity index (χ0) is 10.1. The minimum atomic E-state index is -2.10. The van der Waals surface area contributed by atoms with E-state index in [9.17, 15) is 8.76 Å². The fraction of sp³-hybridized carbons (Fsp3) is 1.00. The van der Waals surface area contributed by atoms with E-state index in [1.54, 1.807) is 13.8 Å². The van der Waals surface area contributed by atoms with Crippen molar-refractivity contribution in [3.63, 3.8) is 0 Å². The average molecular weight is 208 g/mol. The molecule has 0 radical (unpaired) electrons. The molecular formula is C7H18N3O2S-. The number of rotatable bonds is 2. The van der Waals surface area contributed by atoms with Crippen LogP contribution < -0.4 is 15.4 Å². The van der Waals surface area contributed by atoms with Crippen molar-refractivity contribution in [2.75, 3.05) is 26.2 Å². The van der Waals surface area contributed by atoms with E-state index in [2.05, 4.69) is 15.4 Å². The van der Waals surface area contributed by atoms with Gasteiger partial charge in [0.05, 0.1) is 0 Å². The van der Waals surface area contributed by atoms with Crippen molar-refractivity contribution < 1.29 is 8.76 Å².